The van der Waals surface area contributed by atoms with Crippen molar-refractivity contribution in [3.05, 3.63) is 76.4 Å². The first-order valence-electron chi connectivity index (χ1n) is 11.7. The standard InChI is InChI=1S/C26H27BrN6O/c1-17-5-8-24(33-29-11-12-30-33)21(14-17)26(34)32-13-3-4-18(2)23(32)9-10-25-28-16-19-15-20(27)6-7-22(19)31-25/h5-8,11-12,14-16,18,23H,3-4,9-10,13H2,1-2H3/t18-,23?/m1/s1. The van der Waals surface area contributed by atoms with Gasteiger partial charge in [0.1, 0.15) is 5.82 Å². The Morgan fingerprint density at radius 2 is 1.97 bits per heavy atom. The van der Waals surface area contributed by atoms with Crippen LogP contribution in [0.4, 0.5) is 0 Å². The molecule has 1 amide bonds. The molecule has 1 aliphatic rings. The maximum absolute atomic E-state index is 13.9. The SMILES string of the molecule is Cc1ccc(-n2nccn2)c(C(=O)N2CCC[C@@H](C)C2CCc2ncc3cc(Br)ccc3n2)c1. The Hall–Kier alpha value is -3.13. The molecule has 2 atom stereocenters. The average Bonchev–Trinajstić information content (AvgIpc) is 3.37. The molecule has 1 fully saturated rings. The smallest absolute Gasteiger partial charge is 0.256 e. The molecule has 1 saturated heterocycles. The zero-order chi connectivity index (χ0) is 23.7. The van der Waals surface area contributed by atoms with Gasteiger partial charge in [0.15, 0.2) is 0 Å². The molecule has 0 aliphatic carbocycles. The molecule has 1 unspecified atom stereocenters. The molecule has 0 N–H and O–H groups in total. The van der Waals surface area contributed by atoms with Crippen molar-refractivity contribution in [1.82, 2.24) is 29.9 Å². The summed E-state index contributed by atoms with van der Waals surface area (Å²) in [6.07, 6.45) is 8.81. The first-order valence-corrected chi connectivity index (χ1v) is 12.5. The van der Waals surface area contributed by atoms with Gasteiger partial charge in [-0.2, -0.15) is 15.0 Å². The van der Waals surface area contributed by atoms with Crippen molar-refractivity contribution in [3.8, 4) is 5.69 Å². The van der Waals surface area contributed by atoms with E-state index < -0.39 is 0 Å². The Bertz CT molecular complexity index is 1320. The summed E-state index contributed by atoms with van der Waals surface area (Å²) in [5.41, 5.74) is 3.33. The lowest BCUT2D eigenvalue weighted by molar-refractivity contribution is 0.0498. The number of hydrogen-bond acceptors (Lipinski definition) is 5. The number of likely N-dealkylation sites (tertiary alicyclic amines) is 1. The molecule has 4 aromatic rings. The fourth-order valence-corrected chi connectivity index (χ4v) is 5.25. The van der Waals surface area contributed by atoms with Gasteiger partial charge in [-0.1, -0.05) is 34.5 Å². The molecular weight excluding hydrogens is 492 g/mol. The molecule has 0 radical (unpaired) electrons. The van der Waals surface area contributed by atoms with Crippen molar-refractivity contribution >= 4 is 32.7 Å². The lowest BCUT2D eigenvalue weighted by Gasteiger charge is -2.40. The van der Waals surface area contributed by atoms with Gasteiger partial charge in [0, 0.05) is 35.1 Å². The number of rotatable bonds is 5. The van der Waals surface area contributed by atoms with Gasteiger partial charge < -0.3 is 4.90 Å². The summed E-state index contributed by atoms with van der Waals surface area (Å²) in [7, 11) is 0. The van der Waals surface area contributed by atoms with E-state index >= 15 is 0 Å². The van der Waals surface area contributed by atoms with Gasteiger partial charge in [-0.05, 0) is 62.4 Å². The number of hydrogen-bond donors (Lipinski definition) is 0. The van der Waals surface area contributed by atoms with Crippen LogP contribution in [0.25, 0.3) is 16.6 Å². The van der Waals surface area contributed by atoms with Crippen molar-refractivity contribution in [3.63, 3.8) is 0 Å². The summed E-state index contributed by atoms with van der Waals surface area (Å²) in [5, 5.41) is 9.53. The molecular formula is C26H27BrN6O. The predicted molar refractivity (Wildman–Crippen MR) is 135 cm³/mol. The Balaban J connectivity index is 1.40. The molecule has 7 nitrogen and oxygen atoms in total. The molecule has 2 aromatic heterocycles. The Morgan fingerprint density at radius 1 is 1.15 bits per heavy atom. The van der Waals surface area contributed by atoms with Gasteiger partial charge in [-0.3, -0.25) is 4.79 Å². The minimum absolute atomic E-state index is 0.0387. The molecule has 0 bridgehead atoms. The number of amides is 1. The third-order valence-corrected chi connectivity index (χ3v) is 7.14. The number of aryl methyl sites for hydroxylation is 2. The number of piperidine rings is 1. The minimum Gasteiger partial charge on any atom is -0.335 e. The fourth-order valence-electron chi connectivity index (χ4n) is 4.87. The number of fused-ring (bicyclic) bond motifs is 1. The molecule has 3 heterocycles. The Labute approximate surface area is 207 Å². The van der Waals surface area contributed by atoms with E-state index in [0.29, 0.717) is 17.2 Å². The largest absolute Gasteiger partial charge is 0.335 e. The molecule has 2 aromatic carbocycles. The predicted octanol–water partition coefficient (Wildman–Crippen LogP) is 5.15. The van der Waals surface area contributed by atoms with E-state index in [1.807, 2.05) is 54.4 Å². The van der Waals surface area contributed by atoms with Crippen LogP contribution in [-0.4, -0.2) is 48.4 Å². The second kappa shape index (κ2) is 9.62. The summed E-state index contributed by atoms with van der Waals surface area (Å²) in [4.78, 5) is 26.8. The van der Waals surface area contributed by atoms with Crippen LogP contribution in [0.2, 0.25) is 0 Å². The summed E-state index contributed by atoms with van der Waals surface area (Å²) in [6.45, 7) is 5.00. The van der Waals surface area contributed by atoms with E-state index in [1.54, 1.807) is 12.4 Å². The molecule has 34 heavy (non-hydrogen) atoms. The maximum Gasteiger partial charge on any atom is 0.256 e. The van der Waals surface area contributed by atoms with Crippen molar-refractivity contribution in [1.29, 1.82) is 0 Å². The topological polar surface area (TPSA) is 76.8 Å². The van der Waals surface area contributed by atoms with E-state index in [-0.39, 0.29) is 11.9 Å². The highest BCUT2D eigenvalue weighted by Crippen LogP contribution is 2.30. The first kappa shape index (κ1) is 22.7. The van der Waals surface area contributed by atoms with Crippen LogP contribution < -0.4 is 0 Å². The van der Waals surface area contributed by atoms with Gasteiger partial charge in [-0.15, -0.1) is 0 Å². The number of carbonyl (C=O) groups is 1. The normalized spacial score (nSPS) is 18.4. The summed E-state index contributed by atoms with van der Waals surface area (Å²) in [6, 6.07) is 12.0. The Kier molecular flexibility index (Phi) is 6.41. The zero-order valence-corrected chi connectivity index (χ0v) is 20.9. The summed E-state index contributed by atoms with van der Waals surface area (Å²) < 4.78 is 1.02. The molecule has 5 rings (SSSR count). The van der Waals surface area contributed by atoms with Crippen LogP contribution in [0.5, 0.6) is 0 Å². The number of benzene rings is 2. The van der Waals surface area contributed by atoms with E-state index in [4.69, 9.17) is 4.98 Å². The van der Waals surface area contributed by atoms with E-state index in [0.717, 1.165) is 59.0 Å². The van der Waals surface area contributed by atoms with E-state index in [2.05, 4.69) is 38.0 Å². The monoisotopic (exact) mass is 518 g/mol. The molecule has 0 spiro atoms. The average molecular weight is 519 g/mol. The molecule has 1 aliphatic heterocycles. The van der Waals surface area contributed by atoms with Gasteiger partial charge in [0.25, 0.3) is 5.91 Å². The fraction of sp³-hybridized carbons (Fsp3) is 0.346. The highest BCUT2D eigenvalue weighted by atomic mass is 79.9. The van der Waals surface area contributed by atoms with Crippen LogP contribution in [0.1, 0.15) is 47.9 Å². The lowest BCUT2D eigenvalue weighted by Crippen LogP contribution is -2.48. The second-order valence-electron chi connectivity index (χ2n) is 9.05. The Morgan fingerprint density at radius 3 is 2.79 bits per heavy atom. The first-order chi connectivity index (χ1) is 16.5. The van der Waals surface area contributed by atoms with Crippen molar-refractivity contribution < 1.29 is 4.79 Å². The van der Waals surface area contributed by atoms with Crippen molar-refractivity contribution in [2.45, 2.75) is 45.6 Å². The van der Waals surface area contributed by atoms with Crippen LogP contribution >= 0.6 is 15.9 Å². The number of aromatic nitrogens is 5. The van der Waals surface area contributed by atoms with Crippen molar-refractivity contribution in [2.75, 3.05) is 6.54 Å². The minimum atomic E-state index is 0.0387. The quantitative estimate of drug-likeness (QED) is 0.364. The maximum atomic E-state index is 13.9. The van der Waals surface area contributed by atoms with Gasteiger partial charge >= 0.3 is 0 Å². The molecule has 174 valence electrons. The highest BCUT2D eigenvalue weighted by Gasteiger charge is 2.33. The lowest BCUT2D eigenvalue weighted by atomic mass is 9.87. The second-order valence-corrected chi connectivity index (χ2v) is 9.97. The van der Waals surface area contributed by atoms with Gasteiger partial charge in [-0.25, -0.2) is 9.97 Å². The summed E-state index contributed by atoms with van der Waals surface area (Å²) >= 11 is 3.50. The van der Waals surface area contributed by atoms with Crippen LogP contribution in [-0.2, 0) is 6.42 Å². The van der Waals surface area contributed by atoms with Crippen molar-refractivity contribution in [2.24, 2.45) is 5.92 Å². The van der Waals surface area contributed by atoms with Gasteiger partial charge in [0.05, 0.1) is 29.2 Å². The molecule has 0 saturated carbocycles. The number of carbonyl (C=O) groups excluding carboxylic acids is 1. The number of halogens is 1. The van der Waals surface area contributed by atoms with Gasteiger partial charge in [0.2, 0.25) is 0 Å². The van der Waals surface area contributed by atoms with E-state index in [1.165, 1.54) is 4.80 Å². The third-order valence-electron chi connectivity index (χ3n) is 6.65. The van der Waals surface area contributed by atoms with Crippen LogP contribution in [0.15, 0.2) is 59.5 Å². The molecule has 8 heteroatoms. The summed E-state index contributed by atoms with van der Waals surface area (Å²) in [5.74, 6) is 1.26. The van der Waals surface area contributed by atoms with Crippen LogP contribution in [0, 0.1) is 12.8 Å². The zero-order valence-electron chi connectivity index (χ0n) is 19.4. The number of nitrogens with zero attached hydrogens (tertiary/aromatic N) is 6. The van der Waals surface area contributed by atoms with Crippen LogP contribution in [0.3, 0.4) is 0 Å². The van der Waals surface area contributed by atoms with E-state index in [9.17, 15) is 4.79 Å². The highest BCUT2D eigenvalue weighted by molar-refractivity contribution is 9.10. The third kappa shape index (κ3) is 4.59.